The van der Waals surface area contributed by atoms with Crippen LogP contribution in [0.25, 0.3) is 10.2 Å². The third-order valence-electron chi connectivity index (χ3n) is 2.86. The molecule has 0 fully saturated rings. The van der Waals surface area contributed by atoms with Crippen molar-refractivity contribution < 1.29 is 13.2 Å². The van der Waals surface area contributed by atoms with E-state index in [1.807, 2.05) is 24.3 Å². The quantitative estimate of drug-likeness (QED) is 0.647. The molecule has 7 heteroatoms. The van der Waals surface area contributed by atoms with E-state index in [0.29, 0.717) is 17.6 Å². The van der Waals surface area contributed by atoms with Gasteiger partial charge in [-0.1, -0.05) is 12.1 Å². The van der Waals surface area contributed by atoms with Gasteiger partial charge in [-0.15, -0.1) is 11.3 Å². The van der Waals surface area contributed by atoms with Gasteiger partial charge in [0, 0.05) is 16.2 Å². The number of benzene rings is 2. The molecule has 108 valence electrons. The number of aromatic nitrogens is 1. The van der Waals surface area contributed by atoms with E-state index in [1.165, 1.54) is 0 Å². The topological polar surface area (TPSA) is 24.9 Å². The molecule has 0 saturated carbocycles. The fourth-order valence-electron chi connectivity index (χ4n) is 1.88. The lowest BCUT2D eigenvalue weighted by Crippen LogP contribution is -1.99. The smallest absolute Gasteiger partial charge is 0.186 e. The van der Waals surface area contributed by atoms with Gasteiger partial charge in [0.2, 0.25) is 0 Å². The van der Waals surface area contributed by atoms with E-state index >= 15 is 0 Å². The average molecular weight is 373 g/mol. The fraction of sp³-hybridized carbons (Fsp3) is 0.0714. The number of thiazole rings is 1. The zero-order valence-electron chi connectivity index (χ0n) is 10.5. The Morgan fingerprint density at radius 1 is 1.14 bits per heavy atom. The van der Waals surface area contributed by atoms with Crippen molar-refractivity contribution in [3.8, 4) is 0 Å². The van der Waals surface area contributed by atoms with E-state index in [4.69, 9.17) is 0 Å². The molecule has 0 spiro atoms. The first-order chi connectivity index (χ1) is 10.1. The molecule has 0 unspecified atom stereocenters. The van der Waals surface area contributed by atoms with Crippen molar-refractivity contribution in [2.45, 2.75) is 6.54 Å². The highest BCUT2D eigenvalue weighted by atomic mass is 79.9. The van der Waals surface area contributed by atoms with Crippen LogP contribution in [-0.4, -0.2) is 4.98 Å². The molecule has 0 atom stereocenters. The van der Waals surface area contributed by atoms with Gasteiger partial charge in [-0.05, 0) is 28.1 Å². The molecule has 0 aliphatic rings. The lowest BCUT2D eigenvalue weighted by Gasteiger charge is -2.05. The summed E-state index contributed by atoms with van der Waals surface area (Å²) in [6.45, 7) is 0.294. The van der Waals surface area contributed by atoms with Crippen LogP contribution in [0.3, 0.4) is 0 Å². The summed E-state index contributed by atoms with van der Waals surface area (Å²) in [5.41, 5.74) is 0.574. The molecule has 2 nitrogen and oxygen atoms in total. The minimum atomic E-state index is -1.23. The Balaban J connectivity index is 1.90. The molecule has 21 heavy (non-hydrogen) atoms. The summed E-state index contributed by atoms with van der Waals surface area (Å²) in [4.78, 5) is 3.96. The Morgan fingerprint density at radius 3 is 2.67 bits per heavy atom. The van der Waals surface area contributed by atoms with Gasteiger partial charge in [-0.25, -0.2) is 18.2 Å². The van der Waals surface area contributed by atoms with Gasteiger partial charge < -0.3 is 5.32 Å². The molecular formula is C14H8BrF3N2S. The Morgan fingerprint density at radius 2 is 1.90 bits per heavy atom. The molecule has 3 aromatic rings. The lowest BCUT2D eigenvalue weighted by molar-refractivity contribution is 0.504. The number of halogens is 4. The summed E-state index contributed by atoms with van der Waals surface area (Å²) in [5.74, 6) is -3.14. The third-order valence-corrected chi connectivity index (χ3v) is 4.62. The monoisotopic (exact) mass is 372 g/mol. The number of hydrogen-bond acceptors (Lipinski definition) is 3. The number of hydrogen-bond donors (Lipinski definition) is 1. The van der Waals surface area contributed by atoms with E-state index in [0.717, 1.165) is 21.5 Å². The summed E-state index contributed by atoms with van der Waals surface area (Å²) in [5, 5.41) is 3.58. The maximum Gasteiger partial charge on any atom is 0.186 e. The Bertz CT molecular complexity index is 819. The Labute approximate surface area is 130 Å². The van der Waals surface area contributed by atoms with Gasteiger partial charge in [-0.2, -0.15) is 0 Å². The molecule has 0 aliphatic heterocycles. The van der Waals surface area contributed by atoms with Crippen molar-refractivity contribution in [1.82, 2.24) is 4.98 Å². The molecule has 1 aromatic heterocycles. The third kappa shape index (κ3) is 2.75. The minimum absolute atomic E-state index is 0.0258. The maximum absolute atomic E-state index is 13.6. The van der Waals surface area contributed by atoms with Gasteiger partial charge in [0.15, 0.2) is 11.6 Å². The second-order valence-electron chi connectivity index (χ2n) is 4.27. The Hall–Kier alpha value is -1.60. The zero-order chi connectivity index (χ0) is 15.0. The van der Waals surface area contributed by atoms with Gasteiger partial charge in [0.05, 0.1) is 11.2 Å². The summed E-state index contributed by atoms with van der Waals surface area (Å²) in [6.07, 6.45) is 0. The Kier molecular flexibility index (Phi) is 3.86. The molecule has 0 radical (unpaired) electrons. The number of anilines is 1. The normalized spacial score (nSPS) is 11.0. The number of fused-ring (bicyclic) bond motifs is 1. The van der Waals surface area contributed by atoms with Crippen molar-refractivity contribution in [2.24, 2.45) is 0 Å². The maximum atomic E-state index is 13.6. The van der Waals surface area contributed by atoms with E-state index < -0.39 is 17.5 Å². The van der Waals surface area contributed by atoms with E-state index in [2.05, 4.69) is 26.2 Å². The van der Waals surface area contributed by atoms with Crippen LogP contribution in [0.15, 0.2) is 34.8 Å². The van der Waals surface area contributed by atoms with Crippen LogP contribution in [0.4, 0.5) is 18.9 Å². The number of para-hydroxylation sites is 1. The van der Waals surface area contributed by atoms with Crippen LogP contribution in [0, 0.1) is 17.5 Å². The SMILES string of the molecule is Fc1cc(F)c2sc(CNc3ccccc3Br)nc2c1F. The minimum Gasteiger partial charge on any atom is -0.378 e. The molecular weight excluding hydrogens is 365 g/mol. The largest absolute Gasteiger partial charge is 0.378 e. The lowest BCUT2D eigenvalue weighted by atomic mass is 10.3. The summed E-state index contributed by atoms with van der Waals surface area (Å²) in [7, 11) is 0. The summed E-state index contributed by atoms with van der Waals surface area (Å²) < 4.78 is 41.2. The van der Waals surface area contributed by atoms with Crippen molar-refractivity contribution in [3.63, 3.8) is 0 Å². The first-order valence-corrected chi connectivity index (χ1v) is 7.58. The van der Waals surface area contributed by atoms with Crippen LogP contribution in [0.5, 0.6) is 0 Å². The summed E-state index contributed by atoms with van der Waals surface area (Å²) >= 11 is 4.39. The number of nitrogens with one attached hydrogen (secondary N) is 1. The van der Waals surface area contributed by atoms with E-state index in [1.54, 1.807) is 0 Å². The predicted octanol–water partition coefficient (Wildman–Crippen LogP) is 5.09. The molecule has 0 bridgehead atoms. The van der Waals surface area contributed by atoms with Crippen LogP contribution in [-0.2, 0) is 6.54 Å². The molecule has 0 saturated heterocycles. The average Bonchev–Trinajstić information content (AvgIpc) is 2.89. The van der Waals surface area contributed by atoms with Gasteiger partial charge in [0.1, 0.15) is 16.3 Å². The molecule has 1 N–H and O–H groups in total. The molecule has 1 heterocycles. The van der Waals surface area contributed by atoms with E-state index in [9.17, 15) is 13.2 Å². The van der Waals surface area contributed by atoms with Crippen molar-refractivity contribution in [3.05, 3.63) is 57.3 Å². The van der Waals surface area contributed by atoms with Crippen LogP contribution in [0.1, 0.15) is 5.01 Å². The number of nitrogens with zero attached hydrogens (tertiary/aromatic N) is 1. The summed E-state index contributed by atoms with van der Waals surface area (Å²) in [6, 6.07) is 8.01. The van der Waals surface area contributed by atoms with Crippen LogP contribution < -0.4 is 5.32 Å². The molecule has 0 amide bonds. The highest BCUT2D eigenvalue weighted by molar-refractivity contribution is 9.10. The van der Waals surface area contributed by atoms with Crippen molar-refractivity contribution >= 4 is 43.2 Å². The molecule has 3 rings (SSSR count). The van der Waals surface area contributed by atoms with Gasteiger partial charge >= 0.3 is 0 Å². The van der Waals surface area contributed by atoms with Gasteiger partial charge in [-0.3, -0.25) is 0 Å². The fourth-order valence-corrected chi connectivity index (χ4v) is 3.21. The van der Waals surface area contributed by atoms with Crippen LogP contribution >= 0.6 is 27.3 Å². The zero-order valence-corrected chi connectivity index (χ0v) is 12.9. The van der Waals surface area contributed by atoms with Crippen LogP contribution in [0.2, 0.25) is 0 Å². The first kappa shape index (κ1) is 14.3. The molecule has 2 aromatic carbocycles. The number of rotatable bonds is 3. The first-order valence-electron chi connectivity index (χ1n) is 5.97. The van der Waals surface area contributed by atoms with Crippen molar-refractivity contribution in [1.29, 1.82) is 0 Å². The molecule has 0 aliphatic carbocycles. The second kappa shape index (κ2) is 5.65. The van der Waals surface area contributed by atoms with Gasteiger partial charge in [0.25, 0.3) is 0 Å². The highest BCUT2D eigenvalue weighted by Crippen LogP contribution is 2.29. The highest BCUT2D eigenvalue weighted by Gasteiger charge is 2.17. The predicted molar refractivity (Wildman–Crippen MR) is 81.0 cm³/mol. The van der Waals surface area contributed by atoms with E-state index in [-0.39, 0.29) is 10.2 Å². The standard InChI is InChI=1S/C14H8BrF3N2S/c15-7-3-1-2-4-10(7)19-6-11-20-13-12(18)8(16)5-9(17)14(13)21-11/h1-5,19H,6H2. The van der Waals surface area contributed by atoms with Crippen molar-refractivity contribution in [2.75, 3.05) is 5.32 Å². The second-order valence-corrected chi connectivity index (χ2v) is 6.21.